The number of nitrogens with zero attached hydrogens (tertiary/aromatic N) is 3. The van der Waals surface area contributed by atoms with Crippen LogP contribution in [-0.4, -0.2) is 20.9 Å². The van der Waals surface area contributed by atoms with E-state index in [4.69, 9.17) is 23.2 Å². The molecule has 2 rings (SSSR count). The van der Waals surface area contributed by atoms with E-state index in [0.29, 0.717) is 10.9 Å². The maximum Gasteiger partial charge on any atom is 0.0850 e. The molecule has 0 radical (unpaired) electrons. The lowest BCUT2D eigenvalue weighted by Crippen LogP contribution is -1.95. The molecule has 1 heterocycles. The van der Waals surface area contributed by atoms with Crippen molar-refractivity contribution in [2.45, 2.75) is 12.8 Å². The molecule has 0 bridgehead atoms. The Bertz CT molecular complexity index is 513. The molecule has 1 aromatic carbocycles. The predicted molar refractivity (Wildman–Crippen MR) is 73.1 cm³/mol. The Morgan fingerprint density at radius 2 is 2.18 bits per heavy atom. The summed E-state index contributed by atoms with van der Waals surface area (Å²) >= 11 is 15.1. The van der Waals surface area contributed by atoms with E-state index < -0.39 is 0 Å². The van der Waals surface area contributed by atoms with E-state index in [-0.39, 0.29) is 0 Å². The van der Waals surface area contributed by atoms with E-state index in [0.717, 1.165) is 28.7 Å². The van der Waals surface area contributed by atoms with E-state index in [9.17, 15) is 0 Å². The zero-order valence-corrected chi connectivity index (χ0v) is 12.0. The molecular formula is C11H10BrCl2N3. The molecule has 0 N–H and O–H groups in total. The zero-order chi connectivity index (χ0) is 12.3. The standard InChI is InChI=1S/C11H10BrCl2N3/c12-8-3-4-11(10(14)6-8)17-7-9(15-16-17)2-1-5-13/h3-4,6-7H,1-2,5H2. The van der Waals surface area contributed by atoms with Gasteiger partial charge in [-0.1, -0.05) is 32.7 Å². The first-order chi connectivity index (χ1) is 8.20. The molecule has 1 aromatic heterocycles. The normalized spacial score (nSPS) is 10.8. The molecular weight excluding hydrogens is 325 g/mol. The van der Waals surface area contributed by atoms with Crippen molar-refractivity contribution in [1.82, 2.24) is 15.0 Å². The van der Waals surface area contributed by atoms with Crippen LogP contribution in [0.15, 0.2) is 28.9 Å². The van der Waals surface area contributed by atoms with Gasteiger partial charge >= 0.3 is 0 Å². The van der Waals surface area contributed by atoms with Crippen molar-refractivity contribution in [2.75, 3.05) is 5.88 Å². The fraction of sp³-hybridized carbons (Fsp3) is 0.273. The number of hydrogen-bond acceptors (Lipinski definition) is 2. The number of aromatic nitrogens is 3. The average Bonchev–Trinajstić information content (AvgIpc) is 2.75. The SMILES string of the molecule is ClCCCc1cn(-c2ccc(Br)cc2Cl)nn1. The highest BCUT2D eigenvalue weighted by molar-refractivity contribution is 9.10. The quantitative estimate of drug-likeness (QED) is 0.795. The van der Waals surface area contributed by atoms with Crippen LogP contribution in [0.4, 0.5) is 0 Å². The molecule has 0 unspecified atom stereocenters. The molecule has 0 aliphatic heterocycles. The Morgan fingerprint density at radius 1 is 1.35 bits per heavy atom. The van der Waals surface area contributed by atoms with Gasteiger partial charge < -0.3 is 0 Å². The van der Waals surface area contributed by atoms with Gasteiger partial charge in [0, 0.05) is 10.4 Å². The van der Waals surface area contributed by atoms with Gasteiger partial charge in [0.2, 0.25) is 0 Å². The highest BCUT2D eigenvalue weighted by Gasteiger charge is 2.06. The van der Waals surface area contributed by atoms with E-state index in [2.05, 4.69) is 26.2 Å². The summed E-state index contributed by atoms with van der Waals surface area (Å²) in [6.07, 6.45) is 3.60. The van der Waals surface area contributed by atoms with Gasteiger partial charge in [-0.2, -0.15) is 0 Å². The molecule has 0 aliphatic rings. The number of hydrogen-bond donors (Lipinski definition) is 0. The third kappa shape index (κ3) is 3.21. The summed E-state index contributed by atoms with van der Waals surface area (Å²) in [6, 6.07) is 5.64. The second-order valence-corrected chi connectivity index (χ2v) is 5.24. The number of aryl methyl sites for hydroxylation is 1. The topological polar surface area (TPSA) is 30.7 Å². The average molecular weight is 335 g/mol. The van der Waals surface area contributed by atoms with Crippen molar-refractivity contribution in [3.63, 3.8) is 0 Å². The summed E-state index contributed by atoms with van der Waals surface area (Å²) < 4.78 is 2.62. The van der Waals surface area contributed by atoms with Gasteiger partial charge in [-0.3, -0.25) is 0 Å². The molecule has 2 aromatic rings. The van der Waals surface area contributed by atoms with Gasteiger partial charge in [0.15, 0.2) is 0 Å². The molecule has 3 nitrogen and oxygen atoms in total. The van der Waals surface area contributed by atoms with Crippen LogP contribution >= 0.6 is 39.1 Å². The number of alkyl halides is 1. The molecule has 0 saturated carbocycles. The smallest absolute Gasteiger partial charge is 0.0850 e. The Kier molecular flexibility index (Phi) is 4.42. The van der Waals surface area contributed by atoms with Gasteiger partial charge in [0.25, 0.3) is 0 Å². The lowest BCUT2D eigenvalue weighted by Gasteiger charge is -2.02. The van der Waals surface area contributed by atoms with Crippen molar-refractivity contribution in [3.8, 4) is 5.69 Å². The fourth-order valence-corrected chi connectivity index (χ4v) is 2.34. The lowest BCUT2D eigenvalue weighted by atomic mass is 10.3. The summed E-state index contributed by atoms with van der Waals surface area (Å²) in [5, 5.41) is 8.76. The monoisotopic (exact) mass is 333 g/mol. The number of benzene rings is 1. The van der Waals surface area contributed by atoms with Crippen LogP contribution in [0.3, 0.4) is 0 Å². The Hall–Kier alpha value is -0.580. The van der Waals surface area contributed by atoms with Gasteiger partial charge in [0.05, 0.1) is 22.6 Å². The summed E-state index contributed by atoms with van der Waals surface area (Å²) in [7, 11) is 0. The summed E-state index contributed by atoms with van der Waals surface area (Å²) in [4.78, 5) is 0. The van der Waals surface area contributed by atoms with Crippen LogP contribution in [0.25, 0.3) is 5.69 Å². The minimum absolute atomic E-state index is 0.631. The molecule has 0 amide bonds. The van der Waals surface area contributed by atoms with Crippen LogP contribution in [0.5, 0.6) is 0 Å². The van der Waals surface area contributed by atoms with Crippen molar-refractivity contribution >= 4 is 39.1 Å². The molecule has 0 aliphatic carbocycles. The third-order valence-electron chi connectivity index (χ3n) is 2.26. The van der Waals surface area contributed by atoms with Gasteiger partial charge in [-0.25, -0.2) is 4.68 Å². The maximum absolute atomic E-state index is 6.14. The first kappa shape index (κ1) is 12.9. The van der Waals surface area contributed by atoms with E-state index in [1.165, 1.54) is 0 Å². The van der Waals surface area contributed by atoms with Crippen molar-refractivity contribution in [2.24, 2.45) is 0 Å². The second-order valence-electron chi connectivity index (χ2n) is 3.54. The van der Waals surface area contributed by atoms with E-state index >= 15 is 0 Å². The molecule has 0 fully saturated rings. The molecule has 0 spiro atoms. The van der Waals surface area contributed by atoms with E-state index in [1.807, 2.05) is 24.4 Å². The van der Waals surface area contributed by atoms with Crippen LogP contribution in [0.1, 0.15) is 12.1 Å². The summed E-state index contributed by atoms with van der Waals surface area (Å²) in [5.41, 5.74) is 1.74. The Morgan fingerprint density at radius 3 is 2.88 bits per heavy atom. The minimum atomic E-state index is 0.631. The number of halogens is 3. The zero-order valence-electron chi connectivity index (χ0n) is 8.91. The van der Waals surface area contributed by atoms with Crippen LogP contribution < -0.4 is 0 Å². The first-order valence-electron chi connectivity index (χ1n) is 5.13. The second kappa shape index (κ2) is 5.85. The van der Waals surface area contributed by atoms with Gasteiger partial charge in [0.1, 0.15) is 0 Å². The van der Waals surface area contributed by atoms with Crippen molar-refractivity contribution in [1.29, 1.82) is 0 Å². The third-order valence-corrected chi connectivity index (χ3v) is 3.33. The molecule has 6 heteroatoms. The first-order valence-corrected chi connectivity index (χ1v) is 6.84. The highest BCUT2D eigenvalue weighted by Crippen LogP contribution is 2.24. The Balaban J connectivity index is 2.24. The van der Waals surface area contributed by atoms with Crippen LogP contribution in [0, 0.1) is 0 Å². The highest BCUT2D eigenvalue weighted by atomic mass is 79.9. The van der Waals surface area contributed by atoms with Gasteiger partial charge in [-0.05, 0) is 31.0 Å². The van der Waals surface area contributed by atoms with Crippen molar-refractivity contribution in [3.05, 3.63) is 39.6 Å². The predicted octanol–water partition coefficient (Wildman–Crippen LogP) is 3.85. The number of rotatable bonds is 4. The molecule has 90 valence electrons. The molecule has 0 saturated heterocycles. The van der Waals surface area contributed by atoms with Crippen LogP contribution in [-0.2, 0) is 6.42 Å². The largest absolute Gasteiger partial charge is 0.219 e. The minimum Gasteiger partial charge on any atom is -0.219 e. The maximum atomic E-state index is 6.14. The van der Waals surface area contributed by atoms with E-state index in [1.54, 1.807) is 4.68 Å². The Labute approximate surface area is 118 Å². The molecule has 17 heavy (non-hydrogen) atoms. The molecule has 0 atom stereocenters. The lowest BCUT2D eigenvalue weighted by molar-refractivity contribution is 0.792. The summed E-state index contributed by atoms with van der Waals surface area (Å²) in [6.45, 7) is 0. The fourth-order valence-electron chi connectivity index (χ4n) is 1.45. The van der Waals surface area contributed by atoms with Gasteiger partial charge in [-0.15, -0.1) is 16.7 Å². The van der Waals surface area contributed by atoms with Crippen LogP contribution in [0.2, 0.25) is 5.02 Å². The van der Waals surface area contributed by atoms with Crippen molar-refractivity contribution < 1.29 is 0 Å². The summed E-state index contributed by atoms with van der Waals surface area (Å²) in [5.74, 6) is 0.631.